The van der Waals surface area contributed by atoms with Crippen LogP contribution in [0.3, 0.4) is 0 Å². The second-order valence-electron chi connectivity index (χ2n) is 6.60. The van der Waals surface area contributed by atoms with Crippen molar-refractivity contribution in [2.45, 2.75) is 52.0 Å². The van der Waals surface area contributed by atoms with Crippen LogP contribution in [-0.2, 0) is 14.3 Å². The van der Waals surface area contributed by atoms with Gasteiger partial charge in [0.1, 0.15) is 5.60 Å². The number of hydrogen-bond acceptors (Lipinski definition) is 4. The molecule has 0 aromatic rings. The zero-order valence-corrected chi connectivity index (χ0v) is 13.4. The summed E-state index contributed by atoms with van der Waals surface area (Å²) >= 11 is 0. The minimum Gasteiger partial charge on any atom is -0.481 e. The number of carboxylic acids is 1. The molecule has 134 valence electrons. The topological polar surface area (TPSA) is 76.1 Å². The zero-order chi connectivity index (χ0) is 17.9. The number of likely N-dealkylation sites (tertiary alicyclic amines) is 1. The maximum Gasteiger partial charge on any atom is 0.522 e. The Morgan fingerprint density at radius 2 is 1.70 bits per heavy atom. The van der Waals surface area contributed by atoms with Crippen molar-refractivity contribution in [3.8, 4) is 0 Å². The molecule has 0 aliphatic carbocycles. The second kappa shape index (κ2) is 6.94. The quantitative estimate of drug-likeness (QED) is 0.851. The molecule has 0 saturated carbocycles. The number of amides is 1. The molecule has 0 unspecified atom stereocenters. The molecule has 1 aliphatic rings. The lowest BCUT2D eigenvalue weighted by atomic mass is 9.76. The molecule has 6 nitrogen and oxygen atoms in total. The predicted octanol–water partition coefficient (Wildman–Crippen LogP) is 3.01. The average Bonchev–Trinajstić information content (AvgIpc) is 2.35. The summed E-state index contributed by atoms with van der Waals surface area (Å²) in [5.41, 5.74) is -1.98. The smallest absolute Gasteiger partial charge is 0.481 e. The molecule has 0 aromatic heterocycles. The van der Waals surface area contributed by atoms with Gasteiger partial charge in [-0.1, -0.05) is 0 Å². The van der Waals surface area contributed by atoms with Crippen LogP contribution < -0.4 is 0 Å². The lowest BCUT2D eigenvalue weighted by Crippen LogP contribution is -2.48. The fraction of sp³-hybridized carbons (Fsp3) is 0.857. The van der Waals surface area contributed by atoms with Crippen LogP contribution in [0, 0.1) is 5.41 Å². The highest BCUT2D eigenvalue weighted by Crippen LogP contribution is 2.36. The van der Waals surface area contributed by atoms with Crippen molar-refractivity contribution in [1.29, 1.82) is 0 Å². The number of ether oxygens (including phenoxy) is 2. The molecular formula is C14H22F3NO5. The third-order valence-corrected chi connectivity index (χ3v) is 3.67. The van der Waals surface area contributed by atoms with E-state index in [9.17, 15) is 27.9 Å². The van der Waals surface area contributed by atoms with Crippen LogP contribution in [0.5, 0.6) is 0 Å². The summed E-state index contributed by atoms with van der Waals surface area (Å²) in [6.07, 6.45) is -5.48. The summed E-state index contributed by atoms with van der Waals surface area (Å²) < 4.78 is 44.9. The van der Waals surface area contributed by atoms with E-state index >= 15 is 0 Å². The van der Waals surface area contributed by atoms with Crippen molar-refractivity contribution in [3.63, 3.8) is 0 Å². The van der Waals surface area contributed by atoms with Gasteiger partial charge >= 0.3 is 18.4 Å². The SMILES string of the molecule is CC(C)(C)OC(=O)N1CCC(CCOC(F)(F)F)(C(=O)O)CC1. The molecule has 0 spiro atoms. The third kappa shape index (κ3) is 6.25. The number of aliphatic carboxylic acids is 1. The first kappa shape index (κ1) is 19.5. The minimum atomic E-state index is -4.78. The van der Waals surface area contributed by atoms with Gasteiger partial charge in [0.2, 0.25) is 0 Å². The van der Waals surface area contributed by atoms with Crippen molar-refractivity contribution in [2.75, 3.05) is 19.7 Å². The Morgan fingerprint density at radius 1 is 1.17 bits per heavy atom. The van der Waals surface area contributed by atoms with Gasteiger partial charge in [0.25, 0.3) is 0 Å². The summed E-state index contributed by atoms with van der Waals surface area (Å²) in [6.45, 7) is 4.66. The van der Waals surface area contributed by atoms with E-state index in [1.807, 2.05) is 0 Å². The standard InChI is InChI=1S/C14H22F3NO5/c1-12(2,3)23-11(21)18-7-4-13(5-8-18,10(19)20)6-9-22-14(15,16)17/h4-9H2,1-3H3,(H,19,20). The van der Waals surface area contributed by atoms with E-state index in [1.54, 1.807) is 20.8 Å². The van der Waals surface area contributed by atoms with E-state index < -0.39 is 36.0 Å². The summed E-state index contributed by atoms with van der Waals surface area (Å²) in [5, 5.41) is 9.36. The van der Waals surface area contributed by atoms with Gasteiger partial charge in [-0.2, -0.15) is 0 Å². The summed E-state index contributed by atoms with van der Waals surface area (Å²) in [4.78, 5) is 24.8. The minimum absolute atomic E-state index is 0.0583. The molecule has 1 N–H and O–H groups in total. The van der Waals surface area contributed by atoms with Gasteiger partial charge in [0, 0.05) is 13.1 Å². The number of carbonyl (C=O) groups excluding carboxylic acids is 1. The Kier molecular flexibility index (Phi) is 5.89. The zero-order valence-electron chi connectivity index (χ0n) is 13.4. The van der Waals surface area contributed by atoms with Crippen molar-refractivity contribution in [3.05, 3.63) is 0 Å². The molecule has 9 heteroatoms. The Balaban J connectivity index is 2.60. The van der Waals surface area contributed by atoms with E-state index in [-0.39, 0.29) is 32.4 Å². The summed E-state index contributed by atoms with van der Waals surface area (Å²) in [6, 6.07) is 0. The van der Waals surface area contributed by atoms with Gasteiger partial charge in [0.05, 0.1) is 12.0 Å². The van der Waals surface area contributed by atoms with Gasteiger partial charge in [-0.15, -0.1) is 13.2 Å². The Bertz CT molecular complexity index is 437. The average molecular weight is 341 g/mol. The maximum absolute atomic E-state index is 12.0. The Hall–Kier alpha value is -1.51. The number of hydrogen-bond donors (Lipinski definition) is 1. The van der Waals surface area contributed by atoms with E-state index in [1.165, 1.54) is 4.90 Å². The number of carboxylic acid groups (broad SMARTS) is 1. The second-order valence-corrected chi connectivity index (χ2v) is 6.60. The fourth-order valence-electron chi connectivity index (χ4n) is 2.38. The van der Waals surface area contributed by atoms with Crippen LogP contribution >= 0.6 is 0 Å². The van der Waals surface area contributed by atoms with Crippen molar-refractivity contribution in [1.82, 2.24) is 4.90 Å². The molecule has 1 saturated heterocycles. The van der Waals surface area contributed by atoms with Crippen LogP contribution in [0.1, 0.15) is 40.0 Å². The van der Waals surface area contributed by atoms with Gasteiger partial charge in [-0.05, 0) is 40.0 Å². The number of alkyl halides is 3. The number of halogens is 3. The number of carbonyl (C=O) groups is 2. The normalized spacial score (nSPS) is 18.6. The van der Waals surface area contributed by atoms with Gasteiger partial charge in [-0.25, -0.2) is 4.79 Å². The van der Waals surface area contributed by atoms with Crippen molar-refractivity contribution >= 4 is 12.1 Å². The van der Waals surface area contributed by atoms with Crippen LogP contribution in [-0.4, -0.2) is 53.7 Å². The lowest BCUT2D eigenvalue weighted by molar-refractivity contribution is -0.326. The monoisotopic (exact) mass is 341 g/mol. The van der Waals surface area contributed by atoms with Gasteiger partial charge in [-0.3, -0.25) is 9.53 Å². The lowest BCUT2D eigenvalue weighted by Gasteiger charge is -2.39. The van der Waals surface area contributed by atoms with Gasteiger partial charge in [0.15, 0.2) is 0 Å². The molecule has 1 aliphatic heterocycles. The molecular weight excluding hydrogens is 319 g/mol. The Labute approximate surface area is 132 Å². The first-order chi connectivity index (χ1) is 10.3. The van der Waals surface area contributed by atoms with Crippen LogP contribution in [0.25, 0.3) is 0 Å². The van der Waals surface area contributed by atoms with Crippen molar-refractivity contribution in [2.24, 2.45) is 5.41 Å². The molecule has 0 atom stereocenters. The van der Waals surface area contributed by atoms with E-state index in [2.05, 4.69) is 4.74 Å². The first-order valence-corrected chi connectivity index (χ1v) is 7.27. The summed E-state index contributed by atoms with van der Waals surface area (Å²) in [7, 11) is 0. The van der Waals surface area contributed by atoms with E-state index in [0.29, 0.717) is 0 Å². The molecule has 1 rings (SSSR count). The maximum atomic E-state index is 12.0. The predicted molar refractivity (Wildman–Crippen MR) is 73.7 cm³/mol. The summed E-state index contributed by atoms with van der Waals surface area (Å²) in [5.74, 6) is -1.17. The van der Waals surface area contributed by atoms with Gasteiger partial charge < -0.3 is 14.7 Å². The molecule has 0 bridgehead atoms. The highest BCUT2D eigenvalue weighted by molar-refractivity contribution is 5.75. The molecule has 1 heterocycles. The largest absolute Gasteiger partial charge is 0.522 e. The number of rotatable bonds is 4. The molecule has 23 heavy (non-hydrogen) atoms. The third-order valence-electron chi connectivity index (χ3n) is 3.67. The first-order valence-electron chi connectivity index (χ1n) is 7.27. The Morgan fingerprint density at radius 3 is 2.09 bits per heavy atom. The highest BCUT2D eigenvalue weighted by Gasteiger charge is 2.43. The number of nitrogens with zero attached hydrogens (tertiary/aromatic N) is 1. The van der Waals surface area contributed by atoms with Crippen LogP contribution in [0.4, 0.5) is 18.0 Å². The van der Waals surface area contributed by atoms with E-state index in [4.69, 9.17) is 4.74 Å². The van der Waals surface area contributed by atoms with E-state index in [0.717, 1.165) is 0 Å². The fourth-order valence-corrected chi connectivity index (χ4v) is 2.38. The molecule has 1 fully saturated rings. The molecule has 0 radical (unpaired) electrons. The number of piperidine rings is 1. The highest BCUT2D eigenvalue weighted by atomic mass is 19.4. The van der Waals surface area contributed by atoms with Crippen molar-refractivity contribution < 1.29 is 37.3 Å². The van der Waals surface area contributed by atoms with Crippen LogP contribution in [0.2, 0.25) is 0 Å². The molecule has 1 amide bonds. The van der Waals surface area contributed by atoms with Crippen LogP contribution in [0.15, 0.2) is 0 Å². The molecule has 0 aromatic carbocycles.